The Morgan fingerprint density at radius 1 is 0.968 bits per heavy atom. The Morgan fingerprint density at radius 3 is 2.39 bits per heavy atom. The molecule has 0 spiro atoms. The average Bonchev–Trinajstić information content (AvgIpc) is 3.18. The van der Waals surface area contributed by atoms with Crippen molar-refractivity contribution in [1.29, 1.82) is 0 Å². The number of esters is 1. The molecule has 3 aromatic rings. The maximum atomic E-state index is 13.2. The van der Waals surface area contributed by atoms with E-state index in [-0.39, 0.29) is 13.0 Å². The lowest BCUT2D eigenvalue weighted by Crippen LogP contribution is -2.37. The maximum Gasteiger partial charge on any atom is 0.339 e. The molecule has 0 aliphatic heterocycles. The van der Waals surface area contributed by atoms with E-state index in [1.54, 1.807) is 6.07 Å². The van der Waals surface area contributed by atoms with E-state index >= 15 is 0 Å². The summed E-state index contributed by atoms with van der Waals surface area (Å²) in [6.45, 7) is -0.518. The van der Waals surface area contributed by atoms with E-state index in [2.05, 4.69) is 6.07 Å². The van der Waals surface area contributed by atoms with Gasteiger partial charge in [-0.25, -0.2) is 9.18 Å². The molecule has 6 nitrogen and oxygen atoms in total. The van der Waals surface area contributed by atoms with Crippen molar-refractivity contribution < 1.29 is 23.5 Å². The molecule has 4 rings (SSSR count). The van der Waals surface area contributed by atoms with Gasteiger partial charge in [0.05, 0.1) is 5.56 Å². The van der Waals surface area contributed by atoms with E-state index in [1.165, 1.54) is 40.3 Å². The number of primary amides is 1. The van der Waals surface area contributed by atoms with Crippen LogP contribution in [0.15, 0.2) is 54.6 Å². The number of halogens is 1. The summed E-state index contributed by atoms with van der Waals surface area (Å²) in [7, 11) is 0. The zero-order chi connectivity index (χ0) is 22.0. The number of hydrogen-bond acceptors (Lipinski definition) is 4. The number of ether oxygens (including phenoxy) is 1. The van der Waals surface area contributed by atoms with Crippen LogP contribution in [0.2, 0.25) is 0 Å². The maximum absolute atomic E-state index is 13.2. The van der Waals surface area contributed by atoms with E-state index in [0.717, 1.165) is 23.6 Å². The van der Waals surface area contributed by atoms with E-state index < -0.39 is 30.2 Å². The van der Waals surface area contributed by atoms with Crippen LogP contribution in [0.4, 0.5) is 10.1 Å². The summed E-state index contributed by atoms with van der Waals surface area (Å²) >= 11 is 0. The van der Waals surface area contributed by atoms with Crippen LogP contribution < -0.4 is 10.6 Å². The zero-order valence-corrected chi connectivity index (χ0v) is 16.8. The van der Waals surface area contributed by atoms with Crippen LogP contribution in [-0.4, -0.2) is 30.9 Å². The molecule has 3 aromatic carbocycles. The number of hydrogen-bond donors (Lipinski definition) is 1. The van der Waals surface area contributed by atoms with Crippen LogP contribution in [0.1, 0.15) is 27.9 Å². The van der Waals surface area contributed by atoms with Gasteiger partial charge in [0.15, 0.2) is 6.61 Å². The minimum Gasteiger partial charge on any atom is -0.452 e. The molecule has 7 heteroatoms. The smallest absolute Gasteiger partial charge is 0.339 e. The van der Waals surface area contributed by atoms with Gasteiger partial charge >= 0.3 is 5.97 Å². The second-order valence-electron chi connectivity index (χ2n) is 7.43. The molecular weight excluding hydrogens is 399 g/mol. The number of benzene rings is 3. The Labute approximate surface area is 178 Å². The van der Waals surface area contributed by atoms with E-state index in [4.69, 9.17) is 10.5 Å². The van der Waals surface area contributed by atoms with Gasteiger partial charge in [0.2, 0.25) is 5.91 Å². The Morgan fingerprint density at radius 2 is 1.68 bits per heavy atom. The first kappa shape index (κ1) is 20.5. The lowest BCUT2D eigenvalue weighted by molar-refractivity contribution is -0.121. The van der Waals surface area contributed by atoms with Gasteiger partial charge < -0.3 is 15.4 Å². The molecule has 1 aliphatic carbocycles. The number of nitrogens with two attached hydrogens (primary N) is 1. The molecular formula is C24H21FN2O4. The molecule has 2 amide bonds. The van der Waals surface area contributed by atoms with Crippen molar-refractivity contribution in [3.05, 3.63) is 77.1 Å². The Kier molecular flexibility index (Phi) is 5.66. The van der Waals surface area contributed by atoms with Gasteiger partial charge in [0.1, 0.15) is 5.82 Å². The highest BCUT2D eigenvalue weighted by molar-refractivity contribution is 6.07. The van der Waals surface area contributed by atoms with Crippen LogP contribution in [0.5, 0.6) is 0 Å². The lowest BCUT2D eigenvalue weighted by Gasteiger charge is -2.22. The molecule has 0 saturated carbocycles. The van der Waals surface area contributed by atoms with Gasteiger partial charge in [-0.2, -0.15) is 0 Å². The molecule has 2 N–H and O–H groups in total. The fourth-order valence-corrected chi connectivity index (χ4v) is 3.95. The quantitative estimate of drug-likeness (QED) is 0.595. The van der Waals surface area contributed by atoms with Crippen LogP contribution in [0.25, 0.3) is 10.8 Å². The Hall–Kier alpha value is -3.74. The summed E-state index contributed by atoms with van der Waals surface area (Å²) in [5.41, 5.74) is 8.39. The van der Waals surface area contributed by atoms with Crippen LogP contribution in [0.3, 0.4) is 0 Å². The van der Waals surface area contributed by atoms with Crippen LogP contribution in [0, 0.1) is 5.82 Å². The molecule has 0 heterocycles. The number of amides is 2. The SMILES string of the molecule is NC(=O)CCN(C(=O)COC(=O)c1ccc2c3c(cccc13)CC2)c1ccc(F)cc1. The number of anilines is 1. The molecule has 158 valence electrons. The van der Waals surface area contributed by atoms with Crippen molar-refractivity contribution in [2.45, 2.75) is 19.3 Å². The highest BCUT2D eigenvalue weighted by Crippen LogP contribution is 2.33. The first-order valence-electron chi connectivity index (χ1n) is 9.99. The normalized spacial score (nSPS) is 12.0. The summed E-state index contributed by atoms with van der Waals surface area (Å²) in [6.07, 6.45) is 1.80. The van der Waals surface area contributed by atoms with Gasteiger partial charge in [-0.3, -0.25) is 9.59 Å². The highest BCUT2D eigenvalue weighted by Gasteiger charge is 2.22. The molecule has 0 saturated heterocycles. The predicted molar refractivity (Wildman–Crippen MR) is 114 cm³/mol. The number of aryl methyl sites for hydroxylation is 2. The van der Waals surface area contributed by atoms with Crippen molar-refractivity contribution in [2.75, 3.05) is 18.1 Å². The van der Waals surface area contributed by atoms with Crippen molar-refractivity contribution in [1.82, 2.24) is 0 Å². The minimum absolute atomic E-state index is 0.00165. The largest absolute Gasteiger partial charge is 0.452 e. The average molecular weight is 420 g/mol. The minimum atomic E-state index is -0.599. The third-order valence-electron chi connectivity index (χ3n) is 5.44. The van der Waals surface area contributed by atoms with Gasteiger partial charge in [-0.05, 0) is 65.1 Å². The van der Waals surface area contributed by atoms with Crippen LogP contribution in [-0.2, 0) is 27.2 Å². The number of carbonyl (C=O) groups is 3. The summed E-state index contributed by atoms with van der Waals surface area (Å²) in [5, 5.41) is 1.90. The van der Waals surface area contributed by atoms with Crippen molar-refractivity contribution in [2.24, 2.45) is 5.73 Å². The number of carbonyl (C=O) groups excluding carboxylic acids is 3. The third-order valence-corrected chi connectivity index (χ3v) is 5.44. The van der Waals surface area contributed by atoms with Crippen molar-refractivity contribution >= 4 is 34.2 Å². The van der Waals surface area contributed by atoms with Gasteiger partial charge in [0, 0.05) is 18.7 Å². The molecule has 0 fully saturated rings. The fraction of sp³-hybridized carbons (Fsp3) is 0.208. The number of rotatable bonds is 7. The zero-order valence-electron chi connectivity index (χ0n) is 16.8. The standard InChI is InChI=1S/C24H21FN2O4/c25-17-7-9-18(10-8-17)27(13-12-21(26)28)22(29)14-31-24(30)20-11-6-16-5-4-15-2-1-3-19(20)23(15)16/h1-3,6-11H,4-5,12-14H2,(H2,26,28). The predicted octanol–water partition coefficient (Wildman–Crippen LogP) is 3.14. The van der Waals surface area contributed by atoms with E-state index in [1.807, 2.05) is 18.2 Å². The molecule has 0 unspecified atom stereocenters. The highest BCUT2D eigenvalue weighted by atomic mass is 19.1. The third kappa shape index (κ3) is 4.26. The summed E-state index contributed by atoms with van der Waals surface area (Å²) in [4.78, 5) is 38.0. The van der Waals surface area contributed by atoms with E-state index in [0.29, 0.717) is 11.3 Å². The van der Waals surface area contributed by atoms with Crippen molar-refractivity contribution in [3.8, 4) is 0 Å². The van der Waals surface area contributed by atoms with Gasteiger partial charge in [-0.1, -0.05) is 24.3 Å². The molecule has 0 bridgehead atoms. The van der Waals surface area contributed by atoms with Gasteiger partial charge in [0.25, 0.3) is 5.91 Å². The molecule has 0 atom stereocenters. The van der Waals surface area contributed by atoms with Crippen molar-refractivity contribution in [3.63, 3.8) is 0 Å². The first-order chi connectivity index (χ1) is 14.9. The second kappa shape index (κ2) is 8.55. The molecule has 0 radical (unpaired) electrons. The second-order valence-corrected chi connectivity index (χ2v) is 7.43. The summed E-state index contributed by atoms with van der Waals surface area (Å²) in [5.74, 6) is -2.17. The molecule has 31 heavy (non-hydrogen) atoms. The summed E-state index contributed by atoms with van der Waals surface area (Å²) in [6, 6.07) is 14.7. The molecule has 1 aliphatic rings. The fourth-order valence-electron chi connectivity index (χ4n) is 3.95. The number of nitrogens with zero attached hydrogens (tertiary/aromatic N) is 1. The van der Waals surface area contributed by atoms with E-state index in [9.17, 15) is 18.8 Å². The molecule has 0 aromatic heterocycles. The monoisotopic (exact) mass is 420 g/mol. The Bertz CT molecular complexity index is 1160. The topological polar surface area (TPSA) is 89.7 Å². The first-order valence-corrected chi connectivity index (χ1v) is 9.99. The Balaban J connectivity index is 1.51. The van der Waals surface area contributed by atoms with Gasteiger partial charge in [-0.15, -0.1) is 0 Å². The summed E-state index contributed by atoms with van der Waals surface area (Å²) < 4.78 is 18.6. The lowest BCUT2D eigenvalue weighted by atomic mass is 10.00. The van der Waals surface area contributed by atoms with Crippen LogP contribution >= 0.6 is 0 Å².